The maximum atomic E-state index is 10.6. The first kappa shape index (κ1) is 8.49. The van der Waals surface area contributed by atoms with Gasteiger partial charge in [0.15, 0.2) is 0 Å². The summed E-state index contributed by atoms with van der Waals surface area (Å²) >= 11 is 0. The van der Waals surface area contributed by atoms with Crippen molar-refractivity contribution in [3.05, 3.63) is 0 Å². The van der Waals surface area contributed by atoms with Crippen molar-refractivity contribution < 1.29 is 14.6 Å². The lowest BCUT2D eigenvalue weighted by atomic mass is 9.93. The highest BCUT2D eigenvalue weighted by Crippen LogP contribution is 2.19. The number of nitrogens with two attached hydrogens (primary N) is 1. The van der Waals surface area contributed by atoms with Gasteiger partial charge in [0.1, 0.15) is 0 Å². The Morgan fingerprint density at radius 3 is 2.82 bits per heavy atom. The lowest BCUT2D eigenvalue weighted by Gasteiger charge is -2.29. The van der Waals surface area contributed by atoms with Gasteiger partial charge in [-0.05, 0) is 13.3 Å². The molecule has 1 saturated heterocycles. The topological polar surface area (TPSA) is 72.5 Å². The van der Waals surface area contributed by atoms with Gasteiger partial charge in [-0.15, -0.1) is 0 Å². The fraction of sp³-hybridized carbons (Fsp3) is 0.857. The molecule has 0 radical (unpaired) electrons. The molecule has 1 aliphatic heterocycles. The number of carbonyl (C=O) groups is 1. The Morgan fingerprint density at radius 2 is 2.36 bits per heavy atom. The van der Waals surface area contributed by atoms with Crippen molar-refractivity contribution in [3.63, 3.8) is 0 Å². The second kappa shape index (κ2) is 3.19. The summed E-state index contributed by atoms with van der Waals surface area (Å²) in [5.41, 5.74) is 5.54. The number of carboxylic acids is 1. The van der Waals surface area contributed by atoms with Gasteiger partial charge in [-0.1, -0.05) is 0 Å². The molecular weight excluding hydrogens is 146 g/mol. The van der Waals surface area contributed by atoms with E-state index in [2.05, 4.69) is 0 Å². The largest absolute Gasteiger partial charge is 0.481 e. The standard InChI is InChI=1S/C7H13NO3/c1-4-6(7(9)10)2-5(8)3-11-4/h4-6H,2-3,8H2,1H3,(H,9,10). The first-order chi connectivity index (χ1) is 5.11. The normalized spacial score (nSPS) is 38.5. The van der Waals surface area contributed by atoms with Crippen LogP contribution in [0.3, 0.4) is 0 Å². The molecule has 1 aliphatic rings. The quantitative estimate of drug-likeness (QED) is 0.557. The van der Waals surface area contributed by atoms with Crippen LogP contribution >= 0.6 is 0 Å². The summed E-state index contributed by atoms with van der Waals surface area (Å²) in [6.07, 6.45) is 0.323. The smallest absolute Gasteiger partial charge is 0.309 e. The Morgan fingerprint density at radius 1 is 1.73 bits per heavy atom. The van der Waals surface area contributed by atoms with Gasteiger partial charge >= 0.3 is 5.97 Å². The Kier molecular flexibility index (Phi) is 2.46. The summed E-state index contributed by atoms with van der Waals surface area (Å²) in [6, 6.07) is -0.118. The predicted octanol–water partition coefficient (Wildman–Crippen LogP) is -0.177. The molecule has 4 heteroatoms. The van der Waals surface area contributed by atoms with Gasteiger partial charge in [0.25, 0.3) is 0 Å². The third kappa shape index (κ3) is 1.91. The summed E-state index contributed by atoms with van der Waals surface area (Å²) < 4.78 is 5.16. The van der Waals surface area contributed by atoms with Gasteiger partial charge in [0.2, 0.25) is 0 Å². The zero-order valence-corrected chi connectivity index (χ0v) is 6.49. The minimum absolute atomic E-state index is 0.118. The molecule has 1 heterocycles. The van der Waals surface area contributed by atoms with Crippen molar-refractivity contribution in [2.45, 2.75) is 25.5 Å². The molecule has 1 rings (SSSR count). The van der Waals surface area contributed by atoms with E-state index in [9.17, 15) is 4.79 Å². The molecule has 1 fully saturated rings. The average Bonchev–Trinajstić information content (AvgIpc) is 1.94. The lowest BCUT2D eigenvalue weighted by Crippen LogP contribution is -2.43. The van der Waals surface area contributed by atoms with Crippen LogP contribution in [0.25, 0.3) is 0 Å². The Bertz CT molecular complexity index is 160. The molecule has 0 aromatic carbocycles. The highest BCUT2D eigenvalue weighted by molar-refractivity contribution is 5.70. The van der Waals surface area contributed by atoms with Crippen LogP contribution in [0, 0.1) is 5.92 Å². The number of carboxylic acid groups (broad SMARTS) is 1. The predicted molar refractivity (Wildman–Crippen MR) is 39.1 cm³/mol. The van der Waals surface area contributed by atoms with Crippen molar-refractivity contribution in [1.82, 2.24) is 0 Å². The highest BCUT2D eigenvalue weighted by Gasteiger charge is 2.31. The summed E-state index contributed by atoms with van der Waals surface area (Å²) in [5.74, 6) is -1.24. The summed E-state index contributed by atoms with van der Waals surface area (Å²) in [4.78, 5) is 10.6. The zero-order valence-electron chi connectivity index (χ0n) is 6.49. The van der Waals surface area contributed by atoms with Crippen molar-refractivity contribution in [3.8, 4) is 0 Å². The van der Waals surface area contributed by atoms with Gasteiger partial charge in [-0.2, -0.15) is 0 Å². The molecule has 3 N–H and O–H groups in total. The third-order valence-electron chi connectivity index (χ3n) is 2.01. The minimum atomic E-state index is -0.812. The van der Waals surface area contributed by atoms with Crippen LogP contribution < -0.4 is 5.73 Å². The summed E-state index contributed by atoms with van der Waals surface area (Å²) in [7, 11) is 0. The van der Waals surface area contributed by atoms with E-state index in [1.165, 1.54) is 0 Å². The Labute approximate surface area is 65.3 Å². The fourth-order valence-corrected chi connectivity index (χ4v) is 1.28. The van der Waals surface area contributed by atoms with Crippen LogP contribution in [0.15, 0.2) is 0 Å². The van der Waals surface area contributed by atoms with Crippen LogP contribution in [0.1, 0.15) is 13.3 Å². The van der Waals surface area contributed by atoms with E-state index >= 15 is 0 Å². The molecule has 64 valence electrons. The molecular formula is C7H13NO3. The fourth-order valence-electron chi connectivity index (χ4n) is 1.28. The first-order valence-electron chi connectivity index (χ1n) is 3.71. The van der Waals surface area contributed by atoms with Crippen LogP contribution in [0.2, 0.25) is 0 Å². The number of aliphatic carboxylic acids is 1. The van der Waals surface area contributed by atoms with Crippen molar-refractivity contribution >= 4 is 5.97 Å². The van der Waals surface area contributed by atoms with Crippen LogP contribution in [-0.2, 0) is 9.53 Å². The second-order valence-corrected chi connectivity index (χ2v) is 2.98. The molecule has 0 aliphatic carbocycles. The van der Waals surface area contributed by atoms with E-state index in [1.807, 2.05) is 0 Å². The molecule has 0 saturated carbocycles. The Balaban J connectivity index is 2.54. The van der Waals surface area contributed by atoms with Crippen molar-refractivity contribution in [2.75, 3.05) is 6.61 Å². The van der Waals surface area contributed by atoms with Crippen LogP contribution in [0.4, 0.5) is 0 Å². The first-order valence-corrected chi connectivity index (χ1v) is 3.71. The molecule has 11 heavy (non-hydrogen) atoms. The minimum Gasteiger partial charge on any atom is -0.481 e. The van der Waals surface area contributed by atoms with E-state index in [0.29, 0.717) is 13.0 Å². The molecule has 3 atom stereocenters. The van der Waals surface area contributed by atoms with Gasteiger partial charge in [-0.3, -0.25) is 4.79 Å². The molecule has 0 aromatic rings. The number of hydrogen-bond donors (Lipinski definition) is 2. The van der Waals surface area contributed by atoms with Gasteiger partial charge < -0.3 is 15.6 Å². The van der Waals surface area contributed by atoms with E-state index in [-0.39, 0.29) is 12.1 Å². The van der Waals surface area contributed by atoms with Gasteiger partial charge in [0, 0.05) is 6.04 Å². The molecule has 0 bridgehead atoms. The monoisotopic (exact) mass is 159 g/mol. The number of hydrogen-bond acceptors (Lipinski definition) is 3. The van der Waals surface area contributed by atoms with Crippen LogP contribution in [0.5, 0.6) is 0 Å². The average molecular weight is 159 g/mol. The maximum absolute atomic E-state index is 10.6. The number of ether oxygens (including phenoxy) is 1. The SMILES string of the molecule is CC1OCC(N)CC1C(=O)O. The molecule has 0 amide bonds. The highest BCUT2D eigenvalue weighted by atomic mass is 16.5. The molecule has 4 nitrogen and oxygen atoms in total. The van der Waals surface area contributed by atoms with Crippen molar-refractivity contribution in [2.24, 2.45) is 11.7 Å². The second-order valence-electron chi connectivity index (χ2n) is 2.98. The molecule has 0 spiro atoms. The molecule has 3 unspecified atom stereocenters. The maximum Gasteiger partial charge on any atom is 0.309 e. The summed E-state index contributed by atoms with van der Waals surface area (Å²) in [5, 5.41) is 8.69. The summed E-state index contributed by atoms with van der Waals surface area (Å²) in [6.45, 7) is 2.25. The number of rotatable bonds is 1. The van der Waals surface area contributed by atoms with E-state index in [1.54, 1.807) is 6.92 Å². The van der Waals surface area contributed by atoms with Crippen molar-refractivity contribution in [1.29, 1.82) is 0 Å². The molecule has 0 aromatic heterocycles. The van der Waals surface area contributed by atoms with Gasteiger partial charge in [-0.25, -0.2) is 0 Å². The van der Waals surface area contributed by atoms with Gasteiger partial charge in [0.05, 0.1) is 18.6 Å². The van der Waals surface area contributed by atoms with E-state index in [0.717, 1.165) is 0 Å². The Hall–Kier alpha value is -0.610. The van der Waals surface area contributed by atoms with E-state index < -0.39 is 11.9 Å². The van der Waals surface area contributed by atoms with E-state index in [4.69, 9.17) is 15.6 Å². The third-order valence-corrected chi connectivity index (χ3v) is 2.01. The zero-order chi connectivity index (χ0) is 8.43. The van der Waals surface area contributed by atoms with Crippen LogP contribution in [-0.4, -0.2) is 29.8 Å². The lowest BCUT2D eigenvalue weighted by molar-refractivity contribution is -0.151.